The van der Waals surface area contributed by atoms with E-state index in [9.17, 15) is 9.59 Å². The van der Waals surface area contributed by atoms with Crippen molar-refractivity contribution in [1.29, 1.82) is 0 Å². The average Bonchev–Trinajstić information content (AvgIpc) is 3.30. The van der Waals surface area contributed by atoms with Gasteiger partial charge in [-0.1, -0.05) is 25.5 Å². The summed E-state index contributed by atoms with van der Waals surface area (Å²) in [6.45, 7) is 9.00. The monoisotopic (exact) mass is 416 g/mol. The van der Waals surface area contributed by atoms with Gasteiger partial charge in [0.25, 0.3) is 6.47 Å². The number of allylic oxidation sites excluding steroid dienone is 1. The van der Waals surface area contributed by atoms with E-state index in [0.717, 1.165) is 44.9 Å². The smallest absolute Gasteiger partial charge is 0.293 e. The van der Waals surface area contributed by atoms with Crippen LogP contribution < -0.4 is 0 Å². The van der Waals surface area contributed by atoms with Crippen LogP contribution in [-0.2, 0) is 23.8 Å². The van der Waals surface area contributed by atoms with Crippen LogP contribution in [0.4, 0.5) is 0 Å². The number of hydrogen-bond donors (Lipinski definition) is 0. The highest BCUT2D eigenvalue weighted by Gasteiger charge is 2.63. The molecule has 1 spiro atoms. The summed E-state index contributed by atoms with van der Waals surface area (Å²) in [4.78, 5) is 23.6. The zero-order chi connectivity index (χ0) is 21.1. The molecule has 3 saturated carbocycles. The lowest BCUT2D eigenvalue weighted by Crippen LogP contribution is -2.56. The summed E-state index contributed by atoms with van der Waals surface area (Å²) in [6, 6.07) is 0. The van der Waals surface area contributed by atoms with Crippen LogP contribution in [0.25, 0.3) is 0 Å². The fourth-order valence-corrected chi connectivity index (χ4v) is 8.75. The van der Waals surface area contributed by atoms with E-state index < -0.39 is 5.79 Å². The molecule has 1 saturated heterocycles. The molecule has 0 radical (unpaired) electrons. The number of carbonyl (C=O) groups excluding carboxylic acids is 2. The molecule has 1 aliphatic heterocycles. The lowest BCUT2D eigenvalue weighted by atomic mass is 9.44. The predicted molar refractivity (Wildman–Crippen MR) is 111 cm³/mol. The van der Waals surface area contributed by atoms with Gasteiger partial charge in [-0.2, -0.15) is 0 Å². The maximum Gasteiger partial charge on any atom is 0.293 e. The van der Waals surface area contributed by atoms with Crippen LogP contribution in [0.1, 0.15) is 65.7 Å². The molecule has 5 unspecified atom stereocenters. The zero-order valence-electron chi connectivity index (χ0n) is 18.7. The highest BCUT2D eigenvalue weighted by Crippen LogP contribution is 2.68. The van der Waals surface area contributed by atoms with Crippen LogP contribution in [0.5, 0.6) is 0 Å². The maximum atomic E-state index is 12.5. The summed E-state index contributed by atoms with van der Waals surface area (Å²) in [6.07, 6.45) is 9.55. The molecule has 0 aromatic carbocycles. The second kappa shape index (κ2) is 7.16. The van der Waals surface area contributed by atoms with Gasteiger partial charge in [0.1, 0.15) is 5.78 Å². The quantitative estimate of drug-likeness (QED) is 0.505. The Morgan fingerprint density at radius 3 is 2.70 bits per heavy atom. The van der Waals surface area contributed by atoms with Crippen molar-refractivity contribution in [3.05, 3.63) is 11.6 Å². The molecule has 0 N–H and O–H groups in total. The van der Waals surface area contributed by atoms with Crippen molar-refractivity contribution >= 4 is 12.3 Å². The van der Waals surface area contributed by atoms with Crippen LogP contribution in [-0.4, -0.2) is 37.9 Å². The summed E-state index contributed by atoms with van der Waals surface area (Å²) < 4.78 is 17.5. The van der Waals surface area contributed by atoms with E-state index >= 15 is 0 Å². The third-order valence-corrected chi connectivity index (χ3v) is 9.87. The molecule has 0 bridgehead atoms. The van der Waals surface area contributed by atoms with Gasteiger partial charge in [0, 0.05) is 18.8 Å². The van der Waals surface area contributed by atoms with Crippen molar-refractivity contribution in [2.75, 3.05) is 19.8 Å². The van der Waals surface area contributed by atoms with Crippen LogP contribution in [0, 0.1) is 40.4 Å². The molecular weight excluding hydrogens is 380 g/mol. The number of rotatable bonds is 4. The molecule has 5 heteroatoms. The van der Waals surface area contributed by atoms with E-state index in [4.69, 9.17) is 14.2 Å². The summed E-state index contributed by atoms with van der Waals surface area (Å²) >= 11 is 0. The van der Waals surface area contributed by atoms with Crippen molar-refractivity contribution in [3.8, 4) is 0 Å². The van der Waals surface area contributed by atoms with Crippen LogP contribution in [0.15, 0.2) is 11.6 Å². The van der Waals surface area contributed by atoms with Gasteiger partial charge in [-0.15, -0.1) is 0 Å². The molecule has 4 aliphatic carbocycles. The molecule has 0 aromatic rings. The number of Topliss-reactive ketones (excluding diaryl/α,β-unsaturated/α-hetero) is 1. The van der Waals surface area contributed by atoms with Gasteiger partial charge in [-0.05, 0) is 73.5 Å². The molecule has 4 fully saturated rings. The van der Waals surface area contributed by atoms with E-state index in [-0.39, 0.29) is 16.7 Å². The average molecular weight is 417 g/mol. The molecule has 1 heterocycles. The number of ether oxygens (including phenoxy) is 3. The second-order valence-corrected chi connectivity index (χ2v) is 11.1. The van der Waals surface area contributed by atoms with E-state index in [1.807, 2.05) is 0 Å². The molecule has 5 nitrogen and oxygen atoms in total. The molecule has 5 aliphatic rings. The SMILES string of the molecule is CC(=O)C1CCC2C3CC=C4CC5(CC[C@]4(C)C3C(COC=O)C[C@]12C)OCCO5. The lowest BCUT2D eigenvalue weighted by molar-refractivity contribution is -0.191. The Hall–Kier alpha value is -1.20. The normalized spacial score (nSPS) is 46.5. The Kier molecular flexibility index (Phi) is 4.94. The fourth-order valence-electron chi connectivity index (χ4n) is 8.75. The van der Waals surface area contributed by atoms with Crippen LogP contribution in [0.2, 0.25) is 0 Å². The zero-order valence-corrected chi connectivity index (χ0v) is 18.7. The Morgan fingerprint density at radius 1 is 1.23 bits per heavy atom. The summed E-state index contributed by atoms with van der Waals surface area (Å²) in [5.74, 6) is 1.99. The highest BCUT2D eigenvalue weighted by atomic mass is 16.7. The van der Waals surface area contributed by atoms with Crippen molar-refractivity contribution < 1.29 is 23.8 Å². The molecule has 5 rings (SSSR count). The van der Waals surface area contributed by atoms with Crippen LogP contribution >= 0.6 is 0 Å². The molecule has 0 amide bonds. The van der Waals surface area contributed by atoms with Crippen LogP contribution in [0.3, 0.4) is 0 Å². The molecular formula is C25H36O5. The van der Waals surface area contributed by atoms with Gasteiger partial charge in [-0.3, -0.25) is 9.59 Å². The summed E-state index contributed by atoms with van der Waals surface area (Å²) in [5.41, 5.74) is 1.60. The summed E-state index contributed by atoms with van der Waals surface area (Å²) in [7, 11) is 0. The van der Waals surface area contributed by atoms with Gasteiger partial charge in [0.05, 0.1) is 19.8 Å². The van der Waals surface area contributed by atoms with E-state index in [0.29, 0.717) is 55.7 Å². The largest absolute Gasteiger partial charge is 0.468 e. The van der Waals surface area contributed by atoms with Crippen molar-refractivity contribution in [3.63, 3.8) is 0 Å². The van der Waals surface area contributed by atoms with Gasteiger partial charge >= 0.3 is 0 Å². The van der Waals surface area contributed by atoms with Crippen molar-refractivity contribution in [2.45, 2.75) is 71.5 Å². The first-order valence-electron chi connectivity index (χ1n) is 11.9. The molecule has 7 atom stereocenters. The predicted octanol–water partition coefficient (Wildman–Crippen LogP) is 4.30. The van der Waals surface area contributed by atoms with Crippen molar-refractivity contribution in [2.24, 2.45) is 40.4 Å². The van der Waals surface area contributed by atoms with E-state index in [1.54, 1.807) is 6.92 Å². The minimum absolute atomic E-state index is 0.0270. The topological polar surface area (TPSA) is 61.8 Å². The Labute approximate surface area is 179 Å². The number of carbonyl (C=O) groups is 2. The molecule has 166 valence electrons. The standard InChI is InChI=1S/C25H36O5/c1-16(27)20-6-7-21-19-5-4-18-13-25(29-10-11-30-25)9-8-23(18,2)22(19)17(14-28-15-26)12-24(20,21)3/h4,15,17,19-22H,5-14H2,1-3H3/t17?,19?,20?,21?,22?,23-,24+/m0/s1. The molecule has 30 heavy (non-hydrogen) atoms. The number of ketones is 1. The summed E-state index contributed by atoms with van der Waals surface area (Å²) in [5, 5.41) is 0. The van der Waals surface area contributed by atoms with Gasteiger partial charge in [0.2, 0.25) is 0 Å². The minimum Gasteiger partial charge on any atom is -0.468 e. The second-order valence-electron chi connectivity index (χ2n) is 11.1. The highest BCUT2D eigenvalue weighted by molar-refractivity contribution is 5.79. The third-order valence-electron chi connectivity index (χ3n) is 9.87. The Balaban J connectivity index is 1.51. The number of fused-ring (bicyclic) bond motifs is 5. The lowest BCUT2D eigenvalue weighted by Gasteiger charge is -2.61. The third kappa shape index (κ3) is 2.87. The first-order valence-corrected chi connectivity index (χ1v) is 11.9. The van der Waals surface area contributed by atoms with Crippen molar-refractivity contribution in [1.82, 2.24) is 0 Å². The Bertz CT molecular complexity index is 753. The minimum atomic E-state index is -0.413. The fraction of sp³-hybridized carbons (Fsp3) is 0.840. The van der Waals surface area contributed by atoms with Gasteiger partial charge in [-0.25, -0.2) is 0 Å². The Morgan fingerprint density at radius 2 is 2.00 bits per heavy atom. The maximum absolute atomic E-state index is 12.5. The van der Waals surface area contributed by atoms with E-state index in [2.05, 4.69) is 19.9 Å². The first-order chi connectivity index (χ1) is 14.3. The number of hydrogen-bond acceptors (Lipinski definition) is 5. The van der Waals surface area contributed by atoms with Gasteiger partial charge < -0.3 is 14.2 Å². The van der Waals surface area contributed by atoms with Gasteiger partial charge in [0.15, 0.2) is 5.79 Å². The molecule has 0 aromatic heterocycles. The van der Waals surface area contributed by atoms with E-state index in [1.165, 1.54) is 5.57 Å². The first kappa shape index (κ1) is 20.7.